The summed E-state index contributed by atoms with van der Waals surface area (Å²) >= 11 is 7.34. The third-order valence-electron chi connectivity index (χ3n) is 3.46. The summed E-state index contributed by atoms with van der Waals surface area (Å²) in [6, 6.07) is 10.4. The molecule has 0 bridgehead atoms. The third-order valence-corrected chi connectivity index (χ3v) is 9.12. The van der Waals surface area contributed by atoms with Crippen LogP contribution in [0.1, 0.15) is 53.0 Å². The lowest BCUT2D eigenvalue weighted by Crippen LogP contribution is -2.08. The second kappa shape index (κ2) is 12.3. The summed E-state index contributed by atoms with van der Waals surface area (Å²) < 4.78 is 12.0. The maximum absolute atomic E-state index is 9.41. The second-order valence-electron chi connectivity index (χ2n) is 6.85. The van der Waals surface area contributed by atoms with Crippen molar-refractivity contribution in [3.8, 4) is 0 Å². The van der Waals surface area contributed by atoms with E-state index in [-0.39, 0.29) is 24.1 Å². The minimum Gasteiger partial charge on any atom is -0.396 e. The standard InChI is InChI=1S/C20H33O3PS2/c1-16(2)22-24(25,23-17(3)4)26-18(5)15-20(13-14-21)12-11-19-9-7-6-8-10-19/h6-10,15-18,21H,11-14H2,1-5H3/b20-15-. The molecule has 26 heavy (non-hydrogen) atoms. The molecule has 0 aliphatic carbocycles. The summed E-state index contributed by atoms with van der Waals surface area (Å²) in [7, 11) is 0. The zero-order valence-corrected chi connectivity index (χ0v) is 19.1. The Balaban J connectivity index is 2.77. The molecule has 148 valence electrons. The van der Waals surface area contributed by atoms with Crippen LogP contribution in [0.5, 0.6) is 0 Å². The number of aryl methyl sites for hydroxylation is 1. The fraction of sp³-hybridized carbons (Fsp3) is 0.600. The van der Waals surface area contributed by atoms with Crippen molar-refractivity contribution < 1.29 is 14.2 Å². The maximum Gasteiger partial charge on any atom is 0.248 e. The molecule has 0 aliphatic heterocycles. The second-order valence-corrected chi connectivity index (χ2v) is 13.3. The Morgan fingerprint density at radius 2 is 1.65 bits per heavy atom. The molecule has 0 aromatic heterocycles. The van der Waals surface area contributed by atoms with Crippen molar-refractivity contribution in [3.05, 3.63) is 47.5 Å². The van der Waals surface area contributed by atoms with Gasteiger partial charge < -0.3 is 14.2 Å². The van der Waals surface area contributed by atoms with Crippen LogP contribution in [0.15, 0.2) is 42.0 Å². The first-order valence-corrected chi connectivity index (χ1v) is 13.4. The summed E-state index contributed by atoms with van der Waals surface area (Å²) in [5.41, 5.74) is 0.173. The smallest absolute Gasteiger partial charge is 0.248 e. The first kappa shape index (κ1) is 23.9. The highest BCUT2D eigenvalue weighted by atomic mass is 32.9. The number of aliphatic hydroxyl groups excluding tert-OH is 1. The van der Waals surface area contributed by atoms with Crippen LogP contribution in [0.2, 0.25) is 0 Å². The van der Waals surface area contributed by atoms with Gasteiger partial charge in [-0.1, -0.05) is 53.4 Å². The fourth-order valence-corrected chi connectivity index (χ4v) is 9.37. The van der Waals surface area contributed by atoms with Crippen LogP contribution in [0.4, 0.5) is 0 Å². The Bertz CT molecular complexity index is 574. The van der Waals surface area contributed by atoms with Gasteiger partial charge in [0.15, 0.2) is 0 Å². The molecule has 0 fully saturated rings. The zero-order valence-electron chi connectivity index (χ0n) is 16.6. The number of hydrogen-bond acceptors (Lipinski definition) is 5. The highest BCUT2D eigenvalue weighted by molar-refractivity contribution is 8.68. The Morgan fingerprint density at radius 1 is 1.08 bits per heavy atom. The van der Waals surface area contributed by atoms with Crippen molar-refractivity contribution >= 4 is 28.9 Å². The molecule has 1 atom stereocenters. The van der Waals surface area contributed by atoms with E-state index in [1.807, 2.05) is 33.8 Å². The van der Waals surface area contributed by atoms with Crippen molar-refractivity contribution in [2.24, 2.45) is 0 Å². The minimum absolute atomic E-state index is 0.0401. The van der Waals surface area contributed by atoms with Crippen molar-refractivity contribution in [1.82, 2.24) is 0 Å². The maximum atomic E-state index is 9.41. The molecule has 1 N–H and O–H groups in total. The number of aliphatic hydroxyl groups is 1. The Hall–Kier alpha value is -0.160. The Kier molecular flexibility index (Phi) is 11.3. The van der Waals surface area contributed by atoms with Crippen LogP contribution in [-0.2, 0) is 27.3 Å². The van der Waals surface area contributed by atoms with Gasteiger partial charge in [0.2, 0.25) is 5.69 Å². The van der Waals surface area contributed by atoms with Gasteiger partial charge in [-0.2, -0.15) is 0 Å². The monoisotopic (exact) mass is 416 g/mol. The summed E-state index contributed by atoms with van der Waals surface area (Å²) in [5.74, 6) is 0. The van der Waals surface area contributed by atoms with Gasteiger partial charge in [-0.15, -0.1) is 0 Å². The van der Waals surface area contributed by atoms with Crippen molar-refractivity contribution in [1.29, 1.82) is 0 Å². The predicted molar refractivity (Wildman–Crippen MR) is 118 cm³/mol. The van der Waals surface area contributed by atoms with Gasteiger partial charge in [-0.05, 0) is 71.3 Å². The Morgan fingerprint density at radius 3 is 2.15 bits per heavy atom. The van der Waals surface area contributed by atoms with E-state index in [1.54, 1.807) is 11.4 Å². The molecule has 0 amide bonds. The van der Waals surface area contributed by atoms with Crippen molar-refractivity contribution in [2.45, 2.75) is 71.3 Å². The van der Waals surface area contributed by atoms with E-state index in [9.17, 15) is 5.11 Å². The molecule has 1 unspecified atom stereocenters. The third kappa shape index (κ3) is 10.2. The van der Waals surface area contributed by atoms with E-state index in [2.05, 4.69) is 37.3 Å². The molecule has 0 aliphatic rings. The van der Waals surface area contributed by atoms with Crippen LogP contribution in [-0.4, -0.2) is 29.2 Å². The van der Waals surface area contributed by atoms with Crippen molar-refractivity contribution in [3.63, 3.8) is 0 Å². The van der Waals surface area contributed by atoms with Gasteiger partial charge in [-0.25, -0.2) is 0 Å². The first-order chi connectivity index (χ1) is 12.2. The predicted octanol–water partition coefficient (Wildman–Crippen LogP) is 6.12. The van der Waals surface area contributed by atoms with Gasteiger partial charge >= 0.3 is 0 Å². The summed E-state index contributed by atoms with van der Waals surface area (Å²) in [6.45, 7) is 10.2. The summed E-state index contributed by atoms with van der Waals surface area (Å²) in [4.78, 5) is 0. The first-order valence-electron chi connectivity index (χ1n) is 9.23. The average molecular weight is 417 g/mol. The zero-order chi connectivity index (χ0) is 19.6. The fourth-order valence-electron chi connectivity index (χ4n) is 2.54. The molecule has 1 aromatic rings. The quantitative estimate of drug-likeness (QED) is 0.328. The van der Waals surface area contributed by atoms with Gasteiger partial charge in [0.05, 0.1) is 12.2 Å². The van der Waals surface area contributed by atoms with Gasteiger partial charge in [-0.3, -0.25) is 0 Å². The van der Waals surface area contributed by atoms with Crippen molar-refractivity contribution in [2.75, 3.05) is 6.61 Å². The molecule has 0 saturated carbocycles. The van der Waals surface area contributed by atoms with E-state index in [0.717, 1.165) is 12.8 Å². The molecule has 0 radical (unpaired) electrons. The van der Waals surface area contributed by atoms with Crippen LogP contribution in [0.25, 0.3) is 0 Å². The normalized spacial score (nSPS) is 14.2. The van der Waals surface area contributed by atoms with Crippen LogP contribution in [0, 0.1) is 0 Å². The SMILES string of the molecule is CC(C)OP(=S)(OC(C)C)SC(C)/C=C(\CCO)CCc1ccccc1. The molecule has 6 heteroatoms. The van der Waals surface area contributed by atoms with E-state index in [1.165, 1.54) is 11.1 Å². The summed E-state index contributed by atoms with van der Waals surface area (Å²) in [6.07, 6.45) is 4.91. The molecule has 1 rings (SSSR count). The van der Waals surface area contributed by atoms with Crippen LogP contribution >= 0.6 is 17.1 Å². The van der Waals surface area contributed by atoms with Gasteiger partial charge in [0.1, 0.15) is 0 Å². The lowest BCUT2D eigenvalue weighted by atomic mass is 10.0. The van der Waals surface area contributed by atoms with E-state index in [0.29, 0.717) is 6.42 Å². The Labute approximate surface area is 168 Å². The molecule has 0 saturated heterocycles. The molecule has 0 heterocycles. The summed E-state index contributed by atoms with van der Waals surface area (Å²) in [5, 5.41) is 9.58. The highest BCUT2D eigenvalue weighted by Gasteiger charge is 2.25. The molecule has 3 nitrogen and oxygen atoms in total. The lowest BCUT2D eigenvalue weighted by molar-refractivity contribution is 0.186. The van der Waals surface area contributed by atoms with E-state index >= 15 is 0 Å². The largest absolute Gasteiger partial charge is 0.396 e. The average Bonchev–Trinajstić information content (AvgIpc) is 2.51. The minimum atomic E-state index is -2.40. The van der Waals surface area contributed by atoms with E-state index in [4.69, 9.17) is 20.9 Å². The number of hydrogen-bond donors (Lipinski definition) is 1. The van der Waals surface area contributed by atoms with E-state index < -0.39 is 5.69 Å². The lowest BCUT2D eigenvalue weighted by Gasteiger charge is -2.27. The molecule has 0 spiro atoms. The van der Waals surface area contributed by atoms with Gasteiger partial charge in [0, 0.05) is 11.9 Å². The number of rotatable bonds is 12. The molecular weight excluding hydrogens is 383 g/mol. The van der Waals surface area contributed by atoms with Crippen LogP contribution < -0.4 is 0 Å². The molecular formula is C20H33O3PS2. The van der Waals surface area contributed by atoms with Gasteiger partial charge in [0.25, 0.3) is 0 Å². The van der Waals surface area contributed by atoms with Crippen LogP contribution in [0.3, 0.4) is 0 Å². The highest BCUT2D eigenvalue weighted by Crippen LogP contribution is 2.64. The number of benzene rings is 1. The molecule has 1 aromatic carbocycles. The topological polar surface area (TPSA) is 38.7 Å².